The molecule has 2 heterocycles. The van der Waals surface area contributed by atoms with E-state index in [9.17, 15) is 10.1 Å². The van der Waals surface area contributed by atoms with Crippen LogP contribution in [0.25, 0.3) is 65.5 Å². The van der Waals surface area contributed by atoms with Crippen LogP contribution in [0.5, 0.6) is 0 Å². The maximum Gasteiger partial charge on any atom is 0.255 e. The highest BCUT2D eigenvalue weighted by Crippen LogP contribution is 2.41. The third-order valence-corrected chi connectivity index (χ3v) is 8.05. The maximum atomic E-state index is 12.4. The van der Waals surface area contributed by atoms with Crippen molar-refractivity contribution in [3.8, 4) is 28.5 Å². The van der Waals surface area contributed by atoms with E-state index in [4.69, 9.17) is 17.3 Å². The molecule has 5 aromatic carbocycles. The molecule has 0 saturated carbocycles. The minimum Gasteiger partial charge on any atom is -0.328 e. The number of aryl methyl sites for hydroxylation is 1. The van der Waals surface area contributed by atoms with E-state index >= 15 is 0 Å². The Morgan fingerprint density at radius 2 is 1.62 bits per heavy atom. The zero-order valence-electron chi connectivity index (χ0n) is 21.5. The lowest BCUT2D eigenvalue weighted by Gasteiger charge is -2.14. The minimum atomic E-state index is -0.168. The fourth-order valence-corrected chi connectivity index (χ4v) is 6.01. The lowest BCUT2D eigenvalue weighted by Crippen LogP contribution is -2.09. The first-order valence-electron chi connectivity index (χ1n) is 12.8. The van der Waals surface area contributed by atoms with Gasteiger partial charge in [0.15, 0.2) is 0 Å². The first-order chi connectivity index (χ1) is 19.5. The summed E-state index contributed by atoms with van der Waals surface area (Å²) in [6, 6.07) is 26.6. The van der Waals surface area contributed by atoms with E-state index in [0.29, 0.717) is 28.1 Å². The average molecular weight is 540 g/mol. The van der Waals surface area contributed by atoms with Crippen LogP contribution < -0.4 is 11.3 Å². The van der Waals surface area contributed by atoms with E-state index in [0.717, 1.165) is 60.1 Å². The first kappa shape index (κ1) is 24.1. The maximum absolute atomic E-state index is 12.4. The Bertz CT molecular complexity index is 2270. The summed E-state index contributed by atoms with van der Waals surface area (Å²) in [5.41, 5.74) is 10.3. The normalized spacial score (nSPS) is 11.6. The smallest absolute Gasteiger partial charge is 0.255 e. The van der Waals surface area contributed by atoms with Gasteiger partial charge in [-0.1, -0.05) is 41.9 Å². The Hall–Kier alpha value is -4.96. The molecule has 7 rings (SSSR count). The van der Waals surface area contributed by atoms with E-state index in [2.05, 4.69) is 52.6 Å². The highest BCUT2D eigenvalue weighted by molar-refractivity contribution is 6.37. The molecule has 0 atom stereocenters. The van der Waals surface area contributed by atoms with Crippen LogP contribution in [0, 0.1) is 11.3 Å². The van der Waals surface area contributed by atoms with Crippen LogP contribution in [-0.4, -0.2) is 14.8 Å². The quantitative estimate of drug-likeness (QED) is 0.235. The molecule has 0 amide bonds. The summed E-state index contributed by atoms with van der Waals surface area (Å²) in [4.78, 5) is 15.2. The largest absolute Gasteiger partial charge is 0.328 e. The van der Waals surface area contributed by atoms with Gasteiger partial charge in [-0.05, 0) is 80.5 Å². The lowest BCUT2D eigenvalue weighted by atomic mass is 9.91. The molecule has 0 spiro atoms. The van der Waals surface area contributed by atoms with Crippen LogP contribution in [0.2, 0.25) is 5.02 Å². The summed E-state index contributed by atoms with van der Waals surface area (Å²) in [7, 11) is 1.85. The van der Waals surface area contributed by atoms with Crippen molar-refractivity contribution in [1.29, 1.82) is 5.26 Å². The van der Waals surface area contributed by atoms with Crippen LogP contribution in [0.15, 0.2) is 90.0 Å². The number of nitrogens with two attached hydrogens (primary N) is 1. The van der Waals surface area contributed by atoms with Crippen molar-refractivity contribution in [2.24, 2.45) is 12.8 Å². The molecule has 2 aromatic heterocycles. The summed E-state index contributed by atoms with van der Waals surface area (Å²) < 4.78 is 1.76. The number of aromatic nitrogens is 3. The number of H-pyrrole nitrogens is 1. The molecular weight excluding hydrogens is 518 g/mol. The van der Waals surface area contributed by atoms with Crippen molar-refractivity contribution in [3.63, 3.8) is 0 Å². The fourth-order valence-electron chi connectivity index (χ4n) is 5.75. The predicted octanol–water partition coefficient (Wildman–Crippen LogP) is 7.04. The minimum absolute atomic E-state index is 0.168. The second-order valence-electron chi connectivity index (χ2n) is 9.98. The fraction of sp³-hybridized carbons (Fsp3) is 0.0606. The van der Waals surface area contributed by atoms with Gasteiger partial charge >= 0.3 is 0 Å². The number of aromatic amines is 1. The van der Waals surface area contributed by atoms with Gasteiger partial charge < -0.3 is 10.7 Å². The van der Waals surface area contributed by atoms with Crippen molar-refractivity contribution in [2.45, 2.75) is 6.54 Å². The Kier molecular flexibility index (Phi) is 5.46. The van der Waals surface area contributed by atoms with Gasteiger partial charge in [0.1, 0.15) is 6.07 Å². The van der Waals surface area contributed by atoms with Crippen LogP contribution in [0.3, 0.4) is 0 Å². The number of benzene rings is 5. The van der Waals surface area contributed by atoms with Gasteiger partial charge in [-0.3, -0.25) is 9.48 Å². The Balaban J connectivity index is 1.50. The van der Waals surface area contributed by atoms with E-state index in [1.807, 2.05) is 37.4 Å². The Labute approximate surface area is 233 Å². The van der Waals surface area contributed by atoms with Gasteiger partial charge in [0.25, 0.3) is 5.56 Å². The number of nitrogens with zero attached hydrogens (tertiary/aromatic N) is 3. The molecule has 0 aliphatic rings. The van der Waals surface area contributed by atoms with Crippen molar-refractivity contribution in [3.05, 3.63) is 112 Å². The Morgan fingerprint density at radius 3 is 2.33 bits per heavy atom. The molecule has 0 aliphatic carbocycles. The molecule has 0 bridgehead atoms. The number of nitrogens with one attached hydrogen (secondary N) is 1. The van der Waals surface area contributed by atoms with E-state index in [1.54, 1.807) is 23.1 Å². The molecule has 0 saturated heterocycles. The lowest BCUT2D eigenvalue weighted by molar-refractivity contribution is 0.776. The standard InChI is InChI=1S/C33H22ClN5O/c1-39-32(30(17-38-39)20-6-7-24-25(10-20)23(14-35)16-37-33(24)40)28-13-31(34)27-12-22-9-19-5-3-2-4-18(19)8-21(22)11-26(27)29(28)15-36/h2-13,16-17H,14,35H2,1H3,(H,37,40). The molecule has 40 heavy (non-hydrogen) atoms. The third-order valence-electron chi connectivity index (χ3n) is 7.73. The van der Waals surface area contributed by atoms with E-state index in [-0.39, 0.29) is 5.56 Å². The highest BCUT2D eigenvalue weighted by Gasteiger charge is 2.21. The molecule has 192 valence electrons. The van der Waals surface area contributed by atoms with Gasteiger partial charge in [0, 0.05) is 52.1 Å². The summed E-state index contributed by atoms with van der Waals surface area (Å²) in [5.74, 6) is 0. The summed E-state index contributed by atoms with van der Waals surface area (Å²) in [6.45, 7) is 0.290. The molecule has 0 unspecified atom stereocenters. The molecule has 0 fully saturated rings. The molecule has 0 radical (unpaired) electrons. The van der Waals surface area contributed by atoms with Gasteiger partial charge in [0.2, 0.25) is 0 Å². The van der Waals surface area contributed by atoms with E-state index in [1.165, 1.54) is 0 Å². The molecule has 7 heteroatoms. The molecule has 6 nitrogen and oxygen atoms in total. The van der Waals surface area contributed by atoms with Gasteiger partial charge in [-0.2, -0.15) is 10.4 Å². The SMILES string of the molecule is Cn1ncc(-c2ccc3c(=O)[nH]cc(CN)c3c2)c1-c1cc(Cl)c2cc3cc4ccccc4cc3cc2c1C#N. The van der Waals surface area contributed by atoms with Crippen LogP contribution in [-0.2, 0) is 13.6 Å². The second-order valence-corrected chi connectivity index (χ2v) is 10.4. The second kappa shape index (κ2) is 9.06. The zero-order chi connectivity index (χ0) is 27.5. The predicted molar refractivity (Wildman–Crippen MR) is 162 cm³/mol. The number of nitriles is 1. The molecular formula is C33H22ClN5O. The van der Waals surface area contributed by atoms with Crippen LogP contribution in [0.1, 0.15) is 11.1 Å². The van der Waals surface area contributed by atoms with Crippen LogP contribution >= 0.6 is 11.6 Å². The number of hydrogen-bond donors (Lipinski definition) is 2. The van der Waals surface area contributed by atoms with Crippen molar-refractivity contribution >= 4 is 54.7 Å². The van der Waals surface area contributed by atoms with Crippen molar-refractivity contribution in [1.82, 2.24) is 14.8 Å². The monoisotopic (exact) mass is 539 g/mol. The number of rotatable bonds is 3. The van der Waals surface area contributed by atoms with Crippen LogP contribution in [0.4, 0.5) is 0 Å². The average Bonchev–Trinajstić information content (AvgIpc) is 3.36. The summed E-state index contributed by atoms with van der Waals surface area (Å²) in [6.07, 6.45) is 3.43. The molecule has 0 aliphatic heterocycles. The van der Waals surface area contributed by atoms with Crippen molar-refractivity contribution in [2.75, 3.05) is 0 Å². The summed E-state index contributed by atoms with van der Waals surface area (Å²) in [5, 5.41) is 22.9. The Morgan fingerprint density at radius 1 is 0.900 bits per heavy atom. The molecule has 3 N–H and O–H groups in total. The zero-order valence-corrected chi connectivity index (χ0v) is 22.3. The third kappa shape index (κ3) is 3.60. The van der Waals surface area contributed by atoms with Gasteiger partial charge in [-0.25, -0.2) is 0 Å². The van der Waals surface area contributed by atoms with Crippen molar-refractivity contribution < 1.29 is 0 Å². The molecule has 7 aromatic rings. The number of halogens is 1. The highest BCUT2D eigenvalue weighted by atomic mass is 35.5. The summed E-state index contributed by atoms with van der Waals surface area (Å²) >= 11 is 6.92. The number of pyridine rings is 1. The number of fused-ring (bicyclic) bond motifs is 4. The van der Waals surface area contributed by atoms with Gasteiger partial charge in [-0.15, -0.1) is 0 Å². The van der Waals surface area contributed by atoms with Gasteiger partial charge in [0.05, 0.1) is 17.5 Å². The topological polar surface area (TPSA) is 100 Å². The number of hydrogen-bond acceptors (Lipinski definition) is 4. The first-order valence-corrected chi connectivity index (χ1v) is 13.2. The van der Waals surface area contributed by atoms with E-state index < -0.39 is 0 Å².